The third kappa shape index (κ3) is 23.2. The molecule has 3 aliphatic heterocycles. The van der Waals surface area contributed by atoms with Crippen molar-refractivity contribution >= 4 is 100 Å². The summed E-state index contributed by atoms with van der Waals surface area (Å²) in [5, 5.41) is 26.6. The van der Waals surface area contributed by atoms with E-state index >= 15 is 0 Å². The highest BCUT2D eigenvalue weighted by atomic mass is 32.2. The van der Waals surface area contributed by atoms with E-state index < -0.39 is 119 Å². The van der Waals surface area contributed by atoms with Gasteiger partial charge in [0.1, 0.15) is 30.2 Å². The Morgan fingerprint density at radius 2 is 1.47 bits per heavy atom. The average molecular weight is 1430 g/mol. The normalized spacial score (nSPS) is 18.3. The minimum absolute atomic E-state index is 0.00712. The Morgan fingerprint density at radius 3 is 2.09 bits per heavy atom. The number of rotatable bonds is 40. The number of likely N-dealkylation sites (tertiary alicyclic amines) is 2. The van der Waals surface area contributed by atoms with Crippen molar-refractivity contribution in [2.45, 2.75) is 186 Å². The number of likely N-dealkylation sites (N-methyl/N-ethyl adjacent to an activating group) is 2. The Kier molecular flexibility index (Phi) is 31.3. The minimum Gasteiger partial charge on any atom is -0.497 e. The van der Waals surface area contributed by atoms with Gasteiger partial charge in [-0.2, -0.15) is 0 Å². The molecule has 30 nitrogen and oxygen atoms in total. The lowest BCUT2D eigenvalue weighted by molar-refractivity contribution is -0.198. The van der Waals surface area contributed by atoms with Crippen molar-refractivity contribution < 1.29 is 91.3 Å². The molecule has 101 heavy (non-hydrogen) atoms. The molecule has 12 amide bonds. The van der Waals surface area contributed by atoms with Crippen LogP contribution in [-0.4, -0.2) is 228 Å². The summed E-state index contributed by atoms with van der Waals surface area (Å²) in [5.41, 5.74) is 1.27. The highest BCUT2D eigenvalue weighted by Crippen LogP contribution is 2.52. The van der Waals surface area contributed by atoms with Crippen LogP contribution in [0, 0.1) is 23.2 Å². The van der Waals surface area contributed by atoms with Gasteiger partial charge >= 0.3 is 12.1 Å². The standard InChI is InChI=1S/C70H101N11O19S/c1-12-18-50(52(97-10)34-58(86)79-32-17-21-51(79)64(98-11)44(6)65(90)71-37-49(76-95)46-19-16-20-48(33-46)96-9)77(7)60(88)39-73-67(92)63(43(4)5)78(8)69(94)99-40-45-23-25-47(26-24-45)74-55(83)38-72-66(91)62(42(2)3)75-54(82)22-14-13-15-31-80-59(87)35-53(68(80)93)101-41-70(29-30-70)36-61(89)100-81-56(84)27-28-57(81)85/h16,19-20,23-26,33,42-44,50-53,62-64,95H,12-15,17-18,21-22,27-32,34-41H2,1-11H3,(H,71,90)(H,72,91)(H,73,92)(H,74,83)(H,75,82)/b76-49-/t44-,50+,51+,52-,53?,62?,63?,64-/m1/s1. The van der Waals surface area contributed by atoms with Crippen molar-refractivity contribution in [2.24, 2.45) is 28.3 Å². The van der Waals surface area contributed by atoms with E-state index in [0.29, 0.717) is 97.7 Å². The molecule has 3 unspecified atom stereocenters. The quantitative estimate of drug-likeness (QED) is 0.0176. The summed E-state index contributed by atoms with van der Waals surface area (Å²) in [6, 6.07) is 10.2. The first kappa shape index (κ1) is 81.3. The van der Waals surface area contributed by atoms with E-state index in [4.69, 9.17) is 23.8 Å². The summed E-state index contributed by atoms with van der Waals surface area (Å²) >= 11 is 1.31. The maximum absolute atomic E-state index is 14.2. The lowest BCUT2D eigenvalue weighted by Gasteiger charge is -2.37. The number of hydrogen-bond donors (Lipinski definition) is 6. The number of thioether (sulfide) groups is 1. The molecule has 6 rings (SSSR count). The molecule has 6 N–H and O–H groups in total. The molecule has 0 spiro atoms. The summed E-state index contributed by atoms with van der Waals surface area (Å²) < 4.78 is 22.7. The van der Waals surface area contributed by atoms with Crippen LogP contribution in [0.15, 0.2) is 53.7 Å². The Morgan fingerprint density at radius 1 is 0.782 bits per heavy atom. The van der Waals surface area contributed by atoms with E-state index in [1.807, 2.05) is 6.92 Å². The number of hydroxylamine groups is 2. The smallest absolute Gasteiger partial charge is 0.410 e. The van der Waals surface area contributed by atoms with Gasteiger partial charge in [0.2, 0.25) is 53.2 Å². The van der Waals surface area contributed by atoms with Gasteiger partial charge in [-0.1, -0.05) is 83.8 Å². The van der Waals surface area contributed by atoms with Crippen molar-refractivity contribution in [2.75, 3.05) is 79.2 Å². The highest BCUT2D eigenvalue weighted by Gasteiger charge is 2.49. The zero-order chi connectivity index (χ0) is 74.3. The second kappa shape index (κ2) is 38.9. The Bertz CT molecular complexity index is 3300. The van der Waals surface area contributed by atoms with Gasteiger partial charge in [-0.15, -0.1) is 16.8 Å². The predicted molar refractivity (Wildman–Crippen MR) is 370 cm³/mol. The highest BCUT2D eigenvalue weighted by molar-refractivity contribution is 8.00. The second-order valence-electron chi connectivity index (χ2n) is 26.9. The molecule has 556 valence electrons. The monoisotopic (exact) mass is 1430 g/mol. The number of unbranched alkanes of at least 4 members (excludes halogenated alkanes) is 2. The molecule has 0 aromatic heterocycles. The third-order valence-corrected chi connectivity index (χ3v) is 20.3. The van der Waals surface area contributed by atoms with Crippen molar-refractivity contribution in [1.82, 2.24) is 45.9 Å². The van der Waals surface area contributed by atoms with Crippen molar-refractivity contribution in [3.05, 3.63) is 59.7 Å². The Labute approximate surface area is 594 Å². The van der Waals surface area contributed by atoms with Gasteiger partial charge in [0.15, 0.2) is 0 Å². The molecule has 4 fully saturated rings. The zero-order valence-electron chi connectivity index (χ0n) is 59.8. The van der Waals surface area contributed by atoms with Gasteiger partial charge in [0.05, 0.1) is 75.0 Å². The molecular weight excluding hydrogens is 1330 g/mol. The van der Waals surface area contributed by atoms with Crippen LogP contribution in [-0.2, 0) is 83.2 Å². The average Bonchev–Trinajstić information content (AvgIpc) is 1.68. The summed E-state index contributed by atoms with van der Waals surface area (Å²) in [6.07, 6.45) is 2.88. The fourth-order valence-corrected chi connectivity index (χ4v) is 14.2. The molecule has 31 heteroatoms. The second-order valence-corrected chi connectivity index (χ2v) is 28.1. The summed E-state index contributed by atoms with van der Waals surface area (Å²) in [6.45, 7) is 10.1. The number of nitrogens with zero attached hydrogens (tertiary/aromatic N) is 6. The van der Waals surface area contributed by atoms with Gasteiger partial charge in [0, 0.05) is 84.1 Å². The molecule has 8 atom stereocenters. The predicted octanol–water partition coefficient (Wildman–Crippen LogP) is 4.47. The van der Waals surface area contributed by atoms with E-state index in [9.17, 15) is 67.5 Å². The van der Waals surface area contributed by atoms with E-state index in [1.165, 1.54) is 49.9 Å². The fraction of sp³-hybridized carbons (Fsp3) is 0.629. The van der Waals surface area contributed by atoms with Crippen LogP contribution in [0.5, 0.6) is 5.75 Å². The van der Waals surface area contributed by atoms with E-state index in [2.05, 4.69) is 31.7 Å². The SMILES string of the molecule is CCC[C@@H]([C@@H](CC(=O)N1CCC[C@H]1[C@H](OC)[C@@H](C)C(=O)NC/C(=N/O)c1cccc(OC)c1)OC)N(C)C(=O)CNC(=O)C(C(C)C)N(C)C(=O)OCc1ccc(NC(=O)CNC(=O)C(NC(=O)CCCCCN2C(=O)CC(SCC3(CC(=O)ON4C(=O)CCC4=O)CC3)C2=O)C(C)C)cc1. The number of carbonyl (C=O) groups excluding carboxylic acids is 13. The van der Waals surface area contributed by atoms with Crippen molar-refractivity contribution in [1.29, 1.82) is 0 Å². The molecule has 0 radical (unpaired) electrons. The number of ether oxygens (including phenoxy) is 4. The first-order valence-corrected chi connectivity index (χ1v) is 35.5. The van der Waals surface area contributed by atoms with Crippen LogP contribution in [0.2, 0.25) is 0 Å². The van der Waals surface area contributed by atoms with Crippen LogP contribution in [0.25, 0.3) is 0 Å². The molecule has 3 saturated heterocycles. The first-order valence-electron chi connectivity index (χ1n) is 34.5. The number of anilines is 1. The minimum atomic E-state index is -1.05. The molecule has 1 saturated carbocycles. The molecular formula is C70H101N11O19S. The number of carbonyl (C=O) groups is 13. The number of amides is 12. The zero-order valence-corrected chi connectivity index (χ0v) is 60.7. The number of nitrogens with one attached hydrogen (secondary N) is 5. The number of benzene rings is 2. The number of imide groups is 2. The lowest BCUT2D eigenvalue weighted by atomic mass is 9.94. The van der Waals surface area contributed by atoms with Crippen LogP contribution < -0.4 is 31.3 Å². The van der Waals surface area contributed by atoms with Gasteiger partial charge in [-0.3, -0.25) is 62.5 Å². The Hall–Kier alpha value is -8.71. The maximum atomic E-state index is 14.2. The van der Waals surface area contributed by atoms with Crippen LogP contribution in [0.1, 0.15) is 149 Å². The summed E-state index contributed by atoms with van der Waals surface area (Å²) in [4.78, 5) is 181. The Balaban J connectivity index is 0.877. The molecule has 1 aliphatic carbocycles. The van der Waals surface area contributed by atoms with Crippen molar-refractivity contribution in [3.63, 3.8) is 0 Å². The number of oxime groups is 1. The number of hydrogen-bond acceptors (Lipinski definition) is 21. The summed E-state index contributed by atoms with van der Waals surface area (Å²) in [7, 11) is 7.47. The van der Waals surface area contributed by atoms with Gasteiger partial charge in [0.25, 0.3) is 11.8 Å². The van der Waals surface area contributed by atoms with Gasteiger partial charge < -0.3 is 65.4 Å². The third-order valence-electron chi connectivity index (χ3n) is 18.8. The molecule has 2 aromatic rings. The molecule has 2 aromatic carbocycles. The molecule has 4 aliphatic rings. The fourth-order valence-electron chi connectivity index (χ4n) is 12.7. The van der Waals surface area contributed by atoms with Gasteiger partial charge in [-0.25, -0.2) is 9.59 Å². The topological polar surface area (TPSA) is 377 Å². The van der Waals surface area contributed by atoms with Crippen LogP contribution in [0.4, 0.5) is 10.5 Å². The van der Waals surface area contributed by atoms with E-state index in [1.54, 1.807) is 95.1 Å². The first-order chi connectivity index (χ1) is 48.1. The maximum Gasteiger partial charge on any atom is 0.410 e. The van der Waals surface area contributed by atoms with Crippen LogP contribution >= 0.6 is 11.8 Å². The lowest BCUT2D eigenvalue weighted by Crippen LogP contribution is -2.54. The largest absolute Gasteiger partial charge is 0.497 e. The van der Waals surface area contributed by atoms with Gasteiger partial charge in [-0.05, 0) is 92.0 Å². The van der Waals surface area contributed by atoms with E-state index in [-0.39, 0.29) is 99.4 Å². The van der Waals surface area contributed by atoms with E-state index in [0.717, 1.165) is 4.90 Å². The summed E-state index contributed by atoms with van der Waals surface area (Å²) in [5.74, 6) is -6.10. The number of methoxy groups -OCH3 is 3. The molecule has 3 heterocycles. The van der Waals surface area contributed by atoms with Crippen LogP contribution in [0.3, 0.4) is 0 Å². The van der Waals surface area contributed by atoms with Crippen molar-refractivity contribution in [3.8, 4) is 5.75 Å². The molecule has 0 bridgehead atoms.